The van der Waals surface area contributed by atoms with E-state index in [1.807, 2.05) is 13.8 Å². The van der Waals surface area contributed by atoms with Crippen LogP contribution in [-0.2, 0) is 4.79 Å². The average Bonchev–Trinajstić information content (AvgIpc) is 2.99. The molecule has 0 aliphatic rings. The van der Waals surface area contributed by atoms with Gasteiger partial charge in [0.15, 0.2) is 0 Å². The molecule has 0 radical (unpaired) electrons. The molecule has 0 aliphatic carbocycles. The van der Waals surface area contributed by atoms with Gasteiger partial charge in [-0.2, -0.15) is 0 Å². The van der Waals surface area contributed by atoms with Crippen molar-refractivity contribution in [1.82, 2.24) is 15.2 Å². The fourth-order valence-corrected chi connectivity index (χ4v) is 3.38. The van der Waals surface area contributed by atoms with Crippen molar-refractivity contribution < 1.29 is 14.0 Å². The highest BCUT2D eigenvalue weighted by Crippen LogP contribution is 2.23. The highest BCUT2D eigenvalue weighted by Gasteiger charge is 2.17. The van der Waals surface area contributed by atoms with E-state index >= 15 is 0 Å². The van der Waals surface area contributed by atoms with Gasteiger partial charge in [0.05, 0.1) is 16.3 Å². The fraction of sp³-hybridized carbons (Fsp3) is 0.364. The zero-order valence-electron chi connectivity index (χ0n) is 17.7. The molecule has 0 unspecified atom stereocenters. The van der Waals surface area contributed by atoms with Crippen molar-refractivity contribution in [1.29, 1.82) is 0 Å². The Kier molecular flexibility index (Phi) is 8.62. The Morgan fingerprint density at radius 3 is 2.57 bits per heavy atom. The molecule has 0 bridgehead atoms. The zero-order valence-corrected chi connectivity index (χ0v) is 18.5. The molecular formula is C22H28ClFN4O2. The fourth-order valence-electron chi connectivity index (χ4n) is 3.16. The highest BCUT2D eigenvalue weighted by atomic mass is 35.5. The number of rotatable bonds is 9. The molecule has 3 N–H and O–H groups in total. The van der Waals surface area contributed by atoms with Crippen LogP contribution in [0.25, 0.3) is 6.08 Å². The lowest BCUT2D eigenvalue weighted by Crippen LogP contribution is -2.35. The Morgan fingerprint density at radius 1 is 1.23 bits per heavy atom. The molecular weight excluding hydrogens is 407 g/mol. The number of anilines is 1. The molecule has 0 fully saturated rings. The zero-order chi connectivity index (χ0) is 22.3. The SMILES string of the molecule is CCN(CC)CCNC(=O)c1c(C)[nH]c(/C=C/C(=O)Nc2ccc(F)cc2Cl)c1C. The number of benzene rings is 1. The number of aromatic nitrogens is 1. The van der Waals surface area contributed by atoms with Gasteiger partial charge in [-0.3, -0.25) is 9.59 Å². The minimum absolute atomic E-state index is 0.118. The van der Waals surface area contributed by atoms with Crippen LogP contribution in [0, 0.1) is 19.7 Å². The molecule has 30 heavy (non-hydrogen) atoms. The van der Waals surface area contributed by atoms with Gasteiger partial charge < -0.3 is 20.5 Å². The summed E-state index contributed by atoms with van der Waals surface area (Å²) in [5, 5.41) is 5.67. The van der Waals surface area contributed by atoms with Crippen LogP contribution < -0.4 is 10.6 Å². The van der Waals surface area contributed by atoms with E-state index in [1.165, 1.54) is 18.2 Å². The molecule has 2 aromatic rings. The number of aromatic amines is 1. The van der Waals surface area contributed by atoms with Crippen LogP contribution in [0.3, 0.4) is 0 Å². The largest absolute Gasteiger partial charge is 0.358 e. The first-order chi connectivity index (χ1) is 14.3. The van der Waals surface area contributed by atoms with E-state index in [-0.39, 0.29) is 10.9 Å². The Bertz CT molecular complexity index is 935. The predicted octanol–water partition coefficient (Wildman–Crippen LogP) is 4.15. The molecule has 2 rings (SSSR count). The van der Waals surface area contributed by atoms with E-state index in [2.05, 4.69) is 34.4 Å². The lowest BCUT2D eigenvalue weighted by atomic mass is 10.1. The van der Waals surface area contributed by atoms with Crippen LogP contribution in [-0.4, -0.2) is 47.9 Å². The molecule has 6 nitrogen and oxygen atoms in total. The summed E-state index contributed by atoms with van der Waals surface area (Å²) in [7, 11) is 0. The third-order valence-electron chi connectivity index (χ3n) is 4.90. The first-order valence-corrected chi connectivity index (χ1v) is 10.3. The summed E-state index contributed by atoms with van der Waals surface area (Å²) >= 11 is 5.92. The normalized spacial score (nSPS) is 11.3. The van der Waals surface area contributed by atoms with Gasteiger partial charge in [-0.25, -0.2) is 4.39 Å². The van der Waals surface area contributed by atoms with E-state index in [9.17, 15) is 14.0 Å². The number of amides is 2. The van der Waals surface area contributed by atoms with E-state index in [4.69, 9.17) is 11.6 Å². The van der Waals surface area contributed by atoms with Crippen LogP contribution in [0.5, 0.6) is 0 Å². The van der Waals surface area contributed by atoms with E-state index in [0.29, 0.717) is 23.5 Å². The van der Waals surface area contributed by atoms with Gasteiger partial charge in [-0.05, 0) is 56.8 Å². The van der Waals surface area contributed by atoms with E-state index in [0.717, 1.165) is 37.0 Å². The summed E-state index contributed by atoms with van der Waals surface area (Å²) in [5.74, 6) is -1.04. The Balaban J connectivity index is 2.03. The second-order valence-electron chi connectivity index (χ2n) is 6.89. The Hall–Kier alpha value is -2.64. The Morgan fingerprint density at radius 2 is 1.93 bits per heavy atom. The van der Waals surface area contributed by atoms with Crippen LogP contribution >= 0.6 is 11.6 Å². The van der Waals surface area contributed by atoms with Crippen LogP contribution in [0.15, 0.2) is 24.3 Å². The third kappa shape index (κ3) is 6.18. The number of nitrogens with zero attached hydrogens (tertiary/aromatic N) is 1. The second-order valence-corrected chi connectivity index (χ2v) is 7.30. The number of nitrogens with one attached hydrogen (secondary N) is 3. The topological polar surface area (TPSA) is 77.2 Å². The van der Waals surface area contributed by atoms with Crippen molar-refractivity contribution in [2.24, 2.45) is 0 Å². The van der Waals surface area contributed by atoms with Gasteiger partial charge in [-0.15, -0.1) is 0 Å². The predicted molar refractivity (Wildman–Crippen MR) is 119 cm³/mol. The minimum Gasteiger partial charge on any atom is -0.358 e. The van der Waals surface area contributed by atoms with E-state index < -0.39 is 11.7 Å². The summed E-state index contributed by atoms with van der Waals surface area (Å²) in [4.78, 5) is 30.2. The first-order valence-electron chi connectivity index (χ1n) is 9.90. The molecule has 1 aromatic heterocycles. The summed E-state index contributed by atoms with van der Waals surface area (Å²) in [5.41, 5.74) is 3.06. The number of halogens is 2. The minimum atomic E-state index is -0.478. The summed E-state index contributed by atoms with van der Waals surface area (Å²) in [6.45, 7) is 11.1. The Labute approximate surface area is 181 Å². The standard InChI is InChI=1S/C22H28ClFN4O2/c1-5-28(6-2)12-11-25-22(30)21-14(3)18(26-15(21)4)9-10-20(29)27-19-8-7-16(24)13-17(19)23/h7-10,13,26H,5-6,11-12H2,1-4H3,(H,25,30)(H,27,29)/b10-9+. The smallest absolute Gasteiger partial charge is 0.253 e. The molecule has 162 valence electrons. The van der Waals surface area contributed by atoms with Crippen LogP contribution in [0.4, 0.5) is 10.1 Å². The molecule has 0 aliphatic heterocycles. The average molecular weight is 435 g/mol. The van der Waals surface area contributed by atoms with Crippen molar-refractivity contribution in [2.75, 3.05) is 31.5 Å². The van der Waals surface area contributed by atoms with Crippen molar-refractivity contribution in [3.63, 3.8) is 0 Å². The molecule has 0 atom stereocenters. The van der Waals surface area contributed by atoms with Gasteiger partial charge in [-0.1, -0.05) is 25.4 Å². The molecule has 8 heteroatoms. The van der Waals surface area contributed by atoms with Gasteiger partial charge in [0.1, 0.15) is 5.82 Å². The van der Waals surface area contributed by atoms with Crippen LogP contribution in [0.1, 0.15) is 41.2 Å². The number of aryl methyl sites for hydroxylation is 1. The number of H-pyrrole nitrogens is 1. The number of hydrogen-bond acceptors (Lipinski definition) is 3. The van der Waals surface area contributed by atoms with Crippen molar-refractivity contribution >= 4 is 35.2 Å². The first kappa shape index (κ1) is 23.6. The number of likely N-dealkylation sites (N-methyl/N-ethyl adjacent to an activating group) is 1. The molecule has 0 spiro atoms. The summed E-state index contributed by atoms with van der Waals surface area (Å²) in [6.07, 6.45) is 2.93. The lowest BCUT2D eigenvalue weighted by molar-refractivity contribution is -0.111. The van der Waals surface area contributed by atoms with Gasteiger partial charge >= 0.3 is 0 Å². The molecule has 1 aromatic carbocycles. The van der Waals surface area contributed by atoms with Gasteiger partial charge in [0, 0.05) is 30.6 Å². The van der Waals surface area contributed by atoms with Crippen molar-refractivity contribution in [3.8, 4) is 0 Å². The van der Waals surface area contributed by atoms with Gasteiger partial charge in [0.2, 0.25) is 5.91 Å². The van der Waals surface area contributed by atoms with Gasteiger partial charge in [0.25, 0.3) is 5.91 Å². The molecule has 2 amide bonds. The second kappa shape index (κ2) is 10.9. The van der Waals surface area contributed by atoms with E-state index in [1.54, 1.807) is 6.08 Å². The number of carbonyl (C=O) groups excluding carboxylic acids is 2. The molecule has 0 saturated carbocycles. The monoisotopic (exact) mass is 434 g/mol. The quantitative estimate of drug-likeness (QED) is 0.519. The number of carbonyl (C=O) groups is 2. The number of hydrogen-bond donors (Lipinski definition) is 3. The maximum Gasteiger partial charge on any atom is 0.253 e. The maximum atomic E-state index is 13.1. The van der Waals surface area contributed by atoms with Crippen molar-refractivity contribution in [2.45, 2.75) is 27.7 Å². The van der Waals surface area contributed by atoms with Crippen LogP contribution in [0.2, 0.25) is 5.02 Å². The summed E-state index contributed by atoms with van der Waals surface area (Å²) < 4.78 is 13.1. The highest BCUT2D eigenvalue weighted by molar-refractivity contribution is 6.33. The van der Waals surface area contributed by atoms with Crippen molar-refractivity contribution in [3.05, 3.63) is 57.6 Å². The summed E-state index contributed by atoms with van der Waals surface area (Å²) in [6, 6.07) is 3.74. The maximum absolute atomic E-state index is 13.1. The lowest BCUT2D eigenvalue weighted by Gasteiger charge is -2.18. The third-order valence-corrected chi connectivity index (χ3v) is 5.21. The molecule has 0 saturated heterocycles. The molecule has 1 heterocycles.